The van der Waals surface area contributed by atoms with Crippen LogP contribution in [0.2, 0.25) is 0 Å². The summed E-state index contributed by atoms with van der Waals surface area (Å²) in [4.78, 5) is 5.51. The van der Waals surface area contributed by atoms with Gasteiger partial charge in [-0.15, -0.1) is 0 Å². The van der Waals surface area contributed by atoms with E-state index in [1.54, 1.807) is 0 Å². The topological polar surface area (TPSA) is 6.48 Å². The molecule has 2 heterocycles. The lowest BCUT2D eigenvalue weighted by Gasteiger charge is -2.43. The first kappa shape index (κ1) is 15.3. The lowest BCUT2D eigenvalue weighted by molar-refractivity contribution is -0.882. The summed E-state index contributed by atoms with van der Waals surface area (Å²) >= 11 is 0. The van der Waals surface area contributed by atoms with Crippen LogP contribution in [0.25, 0.3) is 0 Å². The Morgan fingerprint density at radius 1 is 1.00 bits per heavy atom. The second kappa shape index (κ2) is 5.34. The van der Waals surface area contributed by atoms with Gasteiger partial charge in [-0.3, -0.25) is 0 Å². The molecule has 0 spiro atoms. The Hall–Kier alpha value is -0.120. The van der Waals surface area contributed by atoms with Crippen molar-refractivity contribution in [3.8, 4) is 0 Å². The molecule has 0 aromatic carbocycles. The standard InChI is InChI=1S/C16H34N3/c1-16(2,3)9-10-17-11-14-7-8-15(12-17)18(14)13-19(4,5)6/h14-15H,7-13H2,1-6H3/q+1. The van der Waals surface area contributed by atoms with Gasteiger partial charge in [0.25, 0.3) is 0 Å². The molecule has 112 valence electrons. The van der Waals surface area contributed by atoms with E-state index in [0.29, 0.717) is 5.41 Å². The van der Waals surface area contributed by atoms with Crippen molar-refractivity contribution < 1.29 is 4.48 Å². The minimum Gasteiger partial charge on any atom is -0.318 e. The second-order valence-electron chi connectivity index (χ2n) is 8.90. The maximum Gasteiger partial charge on any atom is 0.135 e. The molecule has 0 N–H and O–H groups in total. The summed E-state index contributed by atoms with van der Waals surface area (Å²) in [5.41, 5.74) is 0.471. The van der Waals surface area contributed by atoms with Crippen LogP contribution in [0.4, 0.5) is 0 Å². The molecule has 0 saturated carbocycles. The number of fused-ring (bicyclic) bond motifs is 2. The van der Waals surface area contributed by atoms with Crippen LogP contribution in [0.3, 0.4) is 0 Å². The molecule has 0 aliphatic carbocycles. The number of hydrogen-bond donors (Lipinski definition) is 0. The minimum atomic E-state index is 0.471. The van der Waals surface area contributed by atoms with E-state index in [0.717, 1.165) is 16.6 Å². The molecule has 2 fully saturated rings. The zero-order chi connectivity index (χ0) is 14.3. The lowest BCUT2D eigenvalue weighted by Crippen LogP contribution is -2.58. The van der Waals surface area contributed by atoms with Crippen LogP contribution < -0.4 is 0 Å². The monoisotopic (exact) mass is 268 g/mol. The first-order valence-corrected chi connectivity index (χ1v) is 7.93. The van der Waals surface area contributed by atoms with Crippen molar-refractivity contribution in [3.63, 3.8) is 0 Å². The zero-order valence-electron chi connectivity index (χ0n) is 13.9. The third-order valence-corrected chi connectivity index (χ3v) is 4.47. The van der Waals surface area contributed by atoms with Gasteiger partial charge in [0.2, 0.25) is 0 Å². The summed E-state index contributed by atoms with van der Waals surface area (Å²) < 4.78 is 1.06. The van der Waals surface area contributed by atoms with Gasteiger partial charge in [-0.25, -0.2) is 4.90 Å². The van der Waals surface area contributed by atoms with E-state index in [1.165, 1.54) is 45.6 Å². The molecule has 2 unspecified atom stereocenters. The van der Waals surface area contributed by atoms with Crippen LogP contribution in [0.15, 0.2) is 0 Å². The van der Waals surface area contributed by atoms with Gasteiger partial charge in [-0.05, 0) is 31.2 Å². The Kier molecular flexibility index (Phi) is 4.29. The van der Waals surface area contributed by atoms with Crippen molar-refractivity contribution in [1.82, 2.24) is 9.80 Å². The highest BCUT2D eigenvalue weighted by atomic mass is 15.4. The molecular formula is C16H34N3+. The molecule has 0 aromatic heterocycles. The largest absolute Gasteiger partial charge is 0.318 e. The highest BCUT2D eigenvalue weighted by molar-refractivity contribution is 4.95. The third kappa shape index (κ3) is 4.44. The van der Waals surface area contributed by atoms with Gasteiger partial charge < -0.3 is 9.38 Å². The molecule has 19 heavy (non-hydrogen) atoms. The highest BCUT2D eigenvalue weighted by Crippen LogP contribution is 2.31. The van der Waals surface area contributed by atoms with Crippen molar-refractivity contribution in [2.45, 2.75) is 52.1 Å². The fraction of sp³-hybridized carbons (Fsp3) is 1.00. The van der Waals surface area contributed by atoms with Gasteiger partial charge in [0.05, 0.1) is 21.1 Å². The third-order valence-electron chi connectivity index (χ3n) is 4.47. The molecule has 2 aliphatic heterocycles. The summed E-state index contributed by atoms with van der Waals surface area (Å²) in [6.07, 6.45) is 4.15. The number of rotatable bonds is 4. The maximum absolute atomic E-state index is 2.79. The number of hydrogen-bond acceptors (Lipinski definition) is 2. The van der Waals surface area contributed by atoms with Crippen molar-refractivity contribution in [1.29, 1.82) is 0 Å². The van der Waals surface area contributed by atoms with Gasteiger partial charge in [0, 0.05) is 25.2 Å². The number of quaternary nitrogens is 1. The van der Waals surface area contributed by atoms with E-state index in [9.17, 15) is 0 Å². The van der Waals surface area contributed by atoms with Gasteiger partial charge in [0.15, 0.2) is 0 Å². The predicted molar refractivity (Wildman–Crippen MR) is 82.1 cm³/mol. The maximum atomic E-state index is 2.79. The zero-order valence-corrected chi connectivity index (χ0v) is 13.9. The molecule has 3 heteroatoms. The first-order chi connectivity index (χ1) is 8.64. The Bertz CT molecular complexity index is 286. The summed E-state index contributed by atoms with van der Waals surface area (Å²) in [6.45, 7) is 12.2. The molecule has 0 aromatic rings. The SMILES string of the molecule is CC(C)(C)CCN1CC2CCC(C1)N2C[N+](C)(C)C. The Morgan fingerprint density at radius 2 is 1.53 bits per heavy atom. The van der Waals surface area contributed by atoms with Gasteiger partial charge in [-0.1, -0.05) is 20.8 Å². The smallest absolute Gasteiger partial charge is 0.135 e. The van der Waals surface area contributed by atoms with E-state index >= 15 is 0 Å². The molecule has 2 atom stereocenters. The van der Waals surface area contributed by atoms with E-state index in [4.69, 9.17) is 0 Å². The normalized spacial score (nSPS) is 30.0. The first-order valence-electron chi connectivity index (χ1n) is 7.93. The van der Waals surface area contributed by atoms with E-state index < -0.39 is 0 Å². The van der Waals surface area contributed by atoms with Crippen LogP contribution >= 0.6 is 0 Å². The average molecular weight is 268 g/mol. The molecule has 2 rings (SSSR count). The molecule has 0 amide bonds. The summed E-state index contributed by atoms with van der Waals surface area (Å²) in [6, 6.07) is 1.63. The number of likely N-dealkylation sites (tertiary alicyclic amines) is 1. The Morgan fingerprint density at radius 3 is 1.95 bits per heavy atom. The van der Waals surface area contributed by atoms with Crippen molar-refractivity contribution >= 4 is 0 Å². The number of nitrogens with zero attached hydrogens (tertiary/aromatic N) is 3. The molecule has 2 bridgehead atoms. The van der Waals surface area contributed by atoms with E-state index in [-0.39, 0.29) is 0 Å². The fourth-order valence-electron chi connectivity index (χ4n) is 3.47. The van der Waals surface area contributed by atoms with Gasteiger partial charge in [0.1, 0.15) is 6.67 Å². The molecule has 2 saturated heterocycles. The lowest BCUT2D eigenvalue weighted by atomic mass is 9.92. The van der Waals surface area contributed by atoms with E-state index in [2.05, 4.69) is 51.7 Å². The van der Waals surface area contributed by atoms with Crippen molar-refractivity contribution in [2.75, 3.05) is 47.4 Å². The highest BCUT2D eigenvalue weighted by Gasteiger charge is 2.41. The summed E-state index contributed by atoms with van der Waals surface area (Å²) in [7, 11) is 6.93. The Balaban J connectivity index is 1.87. The van der Waals surface area contributed by atoms with Gasteiger partial charge in [-0.2, -0.15) is 0 Å². The van der Waals surface area contributed by atoms with Crippen LogP contribution in [0, 0.1) is 5.41 Å². The van der Waals surface area contributed by atoms with Crippen LogP contribution in [0.1, 0.15) is 40.0 Å². The van der Waals surface area contributed by atoms with Crippen molar-refractivity contribution in [2.24, 2.45) is 5.41 Å². The fourth-order valence-corrected chi connectivity index (χ4v) is 3.47. The van der Waals surface area contributed by atoms with Crippen LogP contribution in [0.5, 0.6) is 0 Å². The minimum absolute atomic E-state index is 0.471. The second-order valence-corrected chi connectivity index (χ2v) is 8.90. The van der Waals surface area contributed by atoms with Gasteiger partial charge >= 0.3 is 0 Å². The quantitative estimate of drug-likeness (QED) is 0.722. The van der Waals surface area contributed by atoms with E-state index in [1.807, 2.05) is 0 Å². The van der Waals surface area contributed by atoms with Crippen LogP contribution in [-0.2, 0) is 0 Å². The van der Waals surface area contributed by atoms with Crippen molar-refractivity contribution in [3.05, 3.63) is 0 Å². The molecule has 0 radical (unpaired) electrons. The summed E-state index contributed by atoms with van der Waals surface area (Å²) in [5.74, 6) is 0. The molecular weight excluding hydrogens is 234 g/mol. The molecule has 3 nitrogen and oxygen atoms in total. The van der Waals surface area contributed by atoms with Crippen LogP contribution in [-0.4, -0.2) is 73.8 Å². The predicted octanol–water partition coefficient (Wildman–Crippen LogP) is 2.23. The number of piperazine rings is 1. The Labute approximate surface area is 120 Å². The molecule has 2 aliphatic rings. The summed E-state index contributed by atoms with van der Waals surface area (Å²) in [5, 5.41) is 0. The average Bonchev–Trinajstić information content (AvgIpc) is 2.48.